The Morgan fingerprint density at radius 2 is 2.00 bits per heavy atom. The second-order valence-corrected chi connectivity index (χ2v) is 8.80. The fraction of sp³-hybridized carbons (Fsp3) is 0.368. The summed E-state index contributed by atoms with van der Waals surface area (Å²) in [5, 5.41) is 0.371. The molecule has 7 nitrogen and oxygen atoms in total. The van der Waals surface area contributed by atoms with E-state index in [1.165, 1.54) is 12.5 Å². The highest BCUT2D eigenvalue weighted by molar-refractivity contribution is 7.90. The first-order valence-electron chi connectivity index (χ1n) is 9.48. The van der Waals surface area contributed by atoms with Gasteiger partial charge in [-0.25, -0.2) is 4.39 Å². The molecule has 0 aliphatic carbocycles. The van der Waals surface area contributed by atoms with E-state index in [0.29, 0.717) is 10.7 Å². The average Bonchev–Trinajstić information content (AvgIpc) is 3.00. The smallest absolute Gasteiger partial charge is 0.358 e. The lowest BCUT2D eigenvalue weighted by Crippen LogP contribution is -2.30. The molecular weight excluding hydrogens is 438 g/mol. The Kier molecular flexibility index (Phi) is 5.08. The molecule has 158 valence electrons. The molecule has 2 aromatic heterocycles. The zero-order valence-corrected chi connectivity index (χ0v) is 17.3. The third-order valence-electron chi connectivity index (χ3n) is 5.23. The third kappa shape index (κ3) is 3.23. The lowest BCUT2D eigenvalue weighted by Gasteiger charge is -2.29. The molecule has 0 N–H and O–H groups in total. The highest BCUT2D eigenvalue weighted by Crippen LogP contribution is 2.34. The van der Waals surface area contributed by atoms with E-state index in [1.54, 1.807) is 6.20 Å². The molecule has 0 spiro atoms. The average molecular weight is 455 g/mol. The molecule has 4 heterocycles. The Morgan fingerprint density at radius 1 is 1.20 bits per heavy atom. The normalized spacial score (nSPS) is 17.0. The second-order valence-electron chi connectivity index (χ2n) is 7.08. The summed E-state index contributed by atoms with van der Waals surface area (Å²) >= 11 is 4.80. The van der Waals surface area contributed by atoms with Crippen molar-refractivity contribution in [3.8, 4) is 5.75 Å². The monoisotopic (exact) mass is 454 g/mol. The van der Waals surface area contributed by atoms with Crippen molar-refractivity contribution in [3.63, 3.8) is 0 Å². The highest BCUT2D eigenvalue weighted by Gasteiger charge is 2.31. The number of fused-ring (bicyclic) bond motifs is 1. The molecule has 1 fully saturated rings. The number of rotatable bonds is 4. The maximum Gasteiger partial charge on any atom is 0.358 e. The van der Waals surface area contributed by atoms with E-state index in [2.05, 4.69) is 14.9 Å². The van der Waals surface area contributed by atoms with Crippen LogP contribution in [0.15, 0.2) is 23.5 Å². The van der Waals surface area contributed by atoms with E-state index >= 15 is 0 Å². The lowest BCUT2D eigenvalue weighted by molar-refractivity contribution is -0.000205. The number of ether oxygens (including phenoxy) is 1. The first-order valence-corrected chi connectivity index (χ1v) is 11.2. The van der Waals surface area contributed by atoms with Crippen LogP contribution in [0.2, 0.25) is 5.02 Å². The van der Waals surface area contributed by atoms with Crippen LogP contribution in [-0.4, -0.2) is 39.1 Å². The second kappa shape index (κ2) is 7.75. The minimum absolute atomic E-state index is 0.0506. The molecule has 1 unspecified atom stereocenters. The van der Waals surface area contributed by atoms with Crippen LogP contribution in [-0.2, 0) is 16.9 Å². The van der Waals surface area contributed by atoms with Crippen LogP contribution in [0.5, 0.6) is 5.75 Å². The Morgan fingerprint density at radius 3 is 2.80 bits per heavy atom. The van der Waals surface area contributed by atoms with E-state index < -0.39 is 22.8 Å². The lowest BCUT2D eigenvalue weighted by atomic mass is 10.1. The highest BCUT2D eigenvalue weighted by atomic mass is 35.5. The molecular formula is C19H17ClF2N4O3S. The molecule has 11 heteroatoms. The van der Waals surface area contributed by atoms with Crippen LogP contribution >= 0.6 is 11.6 Å². The van der Waals surface area contributed by atoms with E-state index in [9.17, 15) is 13.3 Å². The first-order chi connectivity index (χ1) is 14.5. The summed E-state index contributed by atoms with van der Waals surface area (Å²) in [7, 11) is 0. The maximum atomic E-state index is 14.4. The number of aromatic nitrogens is 3. The number of benzene rings is 1. The van der Waals surface area contributed by atoms with Crippen molar-refractivity contribution in [2.24, 2.45) is 0 Å². The molecule has 1 aromatic carbocycles. The number of hydrogen-bond donors (Lipinski definition) is 0. The van der Waals surface area contributed by atoms with Gasteiger partial charge in [0.05, 0.1) is 10.7 Å². The Bertz CT molecular complexity index is 1120. The summed E-state index contributed by atoms with van der Waals surface area (Å²) < 4.78 is 47.7. The number of anilines is 1. The van der Waals surface area contributed by atoms with Crippen LogP contribution < -0.4 is 14.5 Å². The van der Waals surface area contributed by atoms with Gasteiger partial charge in [0.1, 0.15) is 16.7 Å². The Labute approximate surface area is 178 Å². The molecule has 2 aliphatic heterocycles. The standard InChI is InChI=1S/C19H17ClF2N4O3S/c20-15-11(23-5-4-12(15)25-6-2-1-3-7-25)9-30(27)19-24-18-13-8-14(16(21)17(18)22)28-10-29-26(13)19/h4-5,8H,1-3,6-7,9-10H2. The molecule has 0 saturated carbocycles. The van der Waals surface area contributed by atoms with Crippen molar-refractivity contribution in [2.45, 2.75) is 30.2 Å². The van der Waals surface area contributed by atoms with Gasteiger partial charge in [0.25, 0.3) is 6.79 Å². The third-order valence-corrected chi connectivity index (χ3v) is 6.84. The largest absolute Gasteiger partial charge is 0.609 e. The van der Waals surface area contributed by atoms with E-state index in [0.717, 1.165) is 36.3 Å². The van der Waals surface area contributed by atoms with Crippen LogP contribution in [0.3, 0.4) is 0 Å². The summed E-state index contributed by atoms with van der Waals surface area (Å²) in [5.74, 6) is -2.66. The van der Waals surface area contributed by atoms with Crippen LogP contribution in [0.25, 0.3) is 11.0 Å². The molecule has 0 radical (unpaired) electrons. The van der Waals surface area contributed by atoms with Gasteiger partial charge >= 0.3 is 5.16 Å². The van der Waals surface area contributed by atoms with Crippen LogP contribution in [0, 0.1) is 11.6 Å². The van der Waals surface area contributed by atoms with Gasteiger partial charge in [-0.05, 0) is 25.3 Å². The minimum Gasteiger partial charge on any atom is -0.609 e. The predicted molar refractivity (Wildman–Crippen MR) is 107 cm³/mol. The summed E-state index contributed by atoms with van der Waals surface area (Å²) in [6.45, 7) is 1.44. The zero-order chi connectivity index (χ0) is 20.8. The molecule has 30 heavy (non-hydrogen) atoms. The van der Waals surface area contributed by atoms with Gasteiger partial charge in [0, 0.05) is 36.5 Å². The van der Waals surface area contributed by atoms with Crippen molar-refractivity contribution in [2.75, 3.05) is 24.8 Å². The molecule has 0 amide bonds. The fourth-order valence-corrected chi connectivity index (χ4v) is 5.25. The predicted octanol–water partition coefficient (Wildman–Crippen LogP) is 3.44. The molecule has 3 aromatic rings. The van der Waals surface area contributed by atoms with Gasteiger partial charge in [-0.3, -0.25) is 4.98 Å². The zero-order valence-electron chi connectivity index (χ0n) is 15.7. The number of imidazole rings is 1. The van der Waals surface area contributed by atoms with E-state index in [4.69, 9.17) is 21.2 Å². The summed E-state index contributed by atoms with van der Waals surface area (Å²) in [5.41, 5.74) is 1.17. The number of pyridine rings is 1. The van der Waals surface area contributed by atoms with Crippen molar-refractivity contribution < 1.29 is 22.9 Å². The first kappa shape index (κ1) is 19.7. The van der Waals surface area contributed by atoms with Crippen molar-refractivity contribution >= 4 is 39.5 Å². The van der Waals surface area contributed by atoms with Gasteiger partial charge < -0.3 is 19.0 Å². The van der Waals surface area contributed by atoms with Gasteiger partial charge in [-0.1, -0.05) is 11.6 Å². The summed E-state index contributed by atoms with van der Waals surface area (Å²) in [4.78, 5) is 15.9. The van der Waals surface area contributed by atoms with E-state index in [-0.39, 0.29) is 34.5 Å². The molecule has 2 aliphatic rings. The van der Waals surface area contributed by atoms with Crippen LogP contribution in [0.4, 0.5) is 14.5 Å². The SMILES string of the molecule is [O-][S+](Cc1nccc(N2CCCCC2)c1Cl)c1nc2c(F)c(F)c3cc2n1OCO3. The van der Waals surface area contributed by atoms with Crippen molar-refractivity contribution in [1.29, 1.82) is 0 Å². The fourth-order valence-electron chi connectivity index (χ4n) is 3.75. The number of piperidine rings is 1. The minimum atomic E-state index is -1.78. The summed E-state index contributed by atoms with van der Waals surface area (Å²) in [6, 6.07) is 3.12. The Balaban J connectivity index is 1.49. The molecule has 1 atom stereocenters. The maximum absolute atomic E-state index is 14.4. The van der Waals surface area contributed by atoms with Gasteiger partial charge in [0.15, 0.2) is 17.3 Å². The number of hydrogen-bond acceptors (Lipinski definition) is 6. The Hall–Kier alpha value is -2.30. The molecule has 1 saturated heterocycles. The van der Waals surface area contributed by atoms with Crippen molar-refractivity contribution in [1.82, 2.24) is 14.7 Å². The van der Waals surface area contributed by atoms with Gasteiger partial charge in [-0.15, -0.1) is 4.73 Å². The van der Waals surface area contributed by atoms with Gasteiger partial charge in [0.2, 0.25) is 5.82 Å². The summed E-state index contributed by atoms with van der Waals surface area (Å²) in [6.07, 6.45) is 5.00. The van der Waals surface area contributed by atoms with Gasteiger partial charge in [-0.2, -0.15) is 9.37 Å². The quantitative estimate of drug-likeness (QED) is 0.562. The van der Waals surface area contributed by atoms with Crippen molar-refractivity contribution in [3.05, 3.63) is 40.7 Å². The number of halogens is 3. The van der Waals surface area contributed by atoms with Crippen LogP contribution in [0.1, 0.15) is 25.0 Å². The molecule has 2 bridgehead atoms. The molecule has 5 rings (SSSR count). The topological polar surface area (TPSA) is 75.5 Å². The van der Waals surface area contributed by atoms with E-state index in [1.807, 2.05) is 6.07 Å². The number of nitrogens with zero attached hydrogens (tertiary/aromatic N) is 4.